The van der Waals surface area contributed by atoms with Crippen molar-refractivity contribution in [1.29, 1.82) is 0 Å². The maximum Gasteiger partial charge on any atom is 0.262 e. The first-order chi connectivity index (χ1) is 15.6. The smallest absolute Gasteiger partial charge is 0.262 e. The molecule has 1 N–H and O–H groups in total. The second-order valence-electron chi connectivity index (χ2n) is 8.05. The fourth-order valence-corrected chi connectivity index (χ4v) is 4.03. The second kappa shape index (κ2) is 10.5. The number of aryl methyl sites for hydroxylation is 1. The van der Waals surface area contributed by atoms with E-state index in [1.807, 2.05) is 61.5 Å². The van der Waals surface area contributed by atoms with Crippen molar-refractivity contribution in [2.24, 2.45) is 0 Å². The summed E-state index contributed by atoms with van der Waals surface area (Å²) in [5.41, 5.74) is 4.21. The topological polar surface area (TPSA) is 44.8 Å². The van der Waals surface area contributed by atoms with E-state index in [0.717, 1.165) is 54.7 Å². The maximum atomic E-state index is 12.2. The Hall–Kier alpha value is -3.02. The molecule has 0 aliphatic carbocycles. The Balaban J connectivity index is 1.24. The highest BCUT2D eigenvalue weighted by atomic mass is 35.5. The molecule has 3 aromatic rings. The van der Waals surface area contributed by atoms with Crippen LogP contribution in [0.2, 0.25) is 5.02 Å². The summed E-state index contributed by atoms with van der Waals surface area (Å²) in [6.07, 6.45) is 0. The molecule has 0 spiro atoms. The first-order valence-electron chi connectivity index (χ1n) is 10.9. The second-order valence-corrected chi connectivity index (χ2v) is 8.46. The number of hydrogen-bond acceptors (Lipinski definition) is 4. The van der Waals surface area contributed by atoms with E-state index in [0.29, 0.717) is 5.75 Å². The standard InChI is InChI=1S/C26H28ClN3O2/c1-20-5-4-7-24(17-20)32-19-26(31)28-22-9-11-23(12-10-22)30-15-13-29(14-16-30)18-21-6-2-3-8-25(21)27/h2-12,17H,13-16,18-19H2,1H3,(H,28,31). The van der Waals surface area contributed by atoms with Crippen molar-refractivity contribution in [2.45, 2.75) is 13.5 Å². The summed E-state index contributed by atoms with van der Waals surface area (Å²) in [5.74, 6) is 0.525. The molecule has 166 valence electrons. The summed E-state index contributed by atoms with van der Waals surface area (Å²) in [5, 5.41) is 3.72. The van der Waals surface area contributed by atoms with Crippen molar-refractivity contribution in [3.8, 4) is 5.75 Å². The molecule has 1 heterocycles. The van der Waals surface area contributed by atoms with Crippen LogP contribution in [0.5, 0.6) is 5.75 Å². The molecule has 1 fully saturated rings. The monoisotopic (exact) mass is 449 g/mol. The van der Waals surface area contributed by atoms with Crippen LogP contribution < -0.4 is 15.0 Å². The molecular weight excluding hydrogens is 422 g/mol. The van der Waals surface area contributed by atoms with Gasteiger partial charge in [-0.25, -0.2) is 0 Å². The number of halogens is 1. The van der Waals surface area contributed by atoms with Gasteiger partial charge in [0.05, 0.1) is 0 Å². The predicted molar refractivity (Wildman–Crippen MR) is 131 cm³/mol. The molecule has 4 rings (SSSR count). The number of piperazine rings is 1. The first-order valence-corrected chi connectivity index (χ1v) is 11.2. The number of amides is 1. The molecule has 6 heteroatoms. The van der Waals surface area contributed by atoms with Crippen molar-refractivity contribution in [2.75, 3.05) is 43.0 Å². The predicted octanol–water partition coefficient (Wildman–Crippen LogP) is 4.99. The van der Waals surface area contributed by atoms with Gasteiger partial charge >= 0.3 is 0 Å². The number of carbonyl (C=O) groups is 1. The fraction of sp³-hybridized carbons (Fsp3) is 0.269. The van der Waals surface area contributed by atoms with E-state index in [2.05, 4.69) is 33.3 Å². The van der Waals surface area contributed by atoms with Gasteiger partial charge < -0.3 is 15.0 Å². The average molecular weight is 450 g/mol. The molecule has 1 amide bonds. The molecule has 0 bridgehead atoms. The van der Waals surface area contributed by atoms with E-state index in [1.165, 1.54) is 5.56 Å². The average Bonchev–Trinajstić information content (AvgIpc) is 2.80. The minimum Gasteiger partial charge on any atom is -0.484 e. The normalized spacial score (nSPS) is 14.2. The third kappa shape index (κ3) is 6.02. The summed E-state index contributed by atoms with van der Waals surface area (Å²) >= 11 is 6.30. The summed E-state index contributed by atoms with van der Waals surface area (Å²) in [7, 11) is 0. The van der Waals surface area contributed by atoms with Crippen molar-refractivity contribution in [1.82, 2.24) is 4.90 Å². The van der Waals surface area contributed by atoms with Crippen LogP contribution >= 0.6 is 11.6 Å². The number of carbonyl (C=O) groups excluding carboxylic acids is 1. The number of hydrogen-bond donors (Lipinski definition) is 1. The fourth-order valence-electron chi connectivity index (χ4n) is 3.84. The summed E-state index contributed by atoms with van der Waals surface area (Å²) in [6, 6.07) is 23.7. The van der Waals surface area contributed by atoms with Gasteiger partial charge in [0.2, 0.25) is 0 Å². The Bertz CT molecular complexity index is 1050. The van der Waals surface area contributed by atoms with Gasteiger partial charge in [-0.2, -0.15) is 0 Å². The highest BCUT2D eigenvalue weighted by molar-refractivity contribution is 6.31. The number of ether oxygens (including phenoxy) is 1. The Labute approximate surface area is 194 Å². The van der Waals surface area contributed by atoms with Gasteiger partial charge in [0, 0.05) is 49.1 Å². The lowest BCUT2D eigenvalue weighted by molar-refractivity contribution is -0.118. The van der Waals surface area contributed by atoms with Crippen LogP contribution in [0.4, 0.5) is 11.4 Å². The molecular formula is C26H28ClN3O2. The van der Waals surface area contributed by atoms with Crippen LogP contribution in [0, 0.1) is 6.92 Å². The number of rotatable bonds is 7. The molecule has 1 aliphatic heterocycles. The van der Waals surface area contributed by atoms with E-state index in [9.17, 15) is 4.79 Å². The lowest BCUT2D eigenvalue weighted by Crippen LogP contribution is -2.46. The minimum atomic E-state index is -0.174. The maximum absolute atomic E-state index is 12.2. The van der Waals surface area contributed by atoms with Crippen LogP contribution in [-0.2, 0) is 11.3 Å². The van der Waals surface area contributed by atoms with Crippen molar-refractivity contribution < 1.29 is 9.53 Å². The molecule has 0 atom stereocenters. The summed E-state index contributed by atoms with van der Waals surface area (Å²) in [6.45, 7) is 6.75. The highest BCUT2D eigenvalue weighted by Crippen LogP contribution is 2.22. The SMILES string of the molecule is Cc1cccc(OCC(=O)Nc2ccc(N3CCN(Cc4ccccc4Cl)CC3)cc2)c1. The quantitative estimate of drug-likeness (QED) is 0.552. The zero-order valence-electron chi connectivity index (χ0n) is 18.3. The van der Waals surface area contributed by atoms with Crippen LogP contribution in [-0.4, -0.2) is 43.6 Å². The number of anilines is 2. The van der Waals surface area contributed by atoms with Crippen molar-refractivity contribution in [3.05, 3.63) is 88.9 Å². The lowest BCUT2D eigenvalue weighted by Gasteiger charge is -2.36. The largest absolute Gasteiger partial charge is 0.484 e. The lowest BCUT2D eigenvalue weighted by atomic mass is 10.2. The van der Waals surface area contributed by atoms with Crippen LogP contribution in [0.25, 0.3) is 0 Å². The van der Waals surface area contributed by atoms with E-state index in [1.54, 1.807) is 0 Å². The van der Waals surface area contributed by atoms with E-state index >= 15 is 0 Å². The van der Waals surface area contributed by atoms with Crippen molar-refractivity contribution in [3.63, 3.8) is 0 Å². The molecule has 32 heavy (non-hydrogen) atoms. The Morgan fingerprint density at radius 1 is 0.969 bits per heavy atom. The van der Waals surface area contributed by atoms with Gasteiger partial charge in [-0.15, -0.1) is 0 Å². The summed E-state index contributed by atoms with van der Waals surface area (Å²) < 4.78 is 5.57. The number of nitrogens with one attached hydrogen (secondary N) is 1. The molecule has 0 aromatic heterocycles. The Morgan fingerprint density at radius 3 is 2.44 bits per heavy atom. The van der Waals surface area contributed by atoms with Gasteiger partial charge in [-0.05, 0) is 60.5 Å². The van der Waals surface area contributed by atoms with E-state index in [4.69, 9.17) is 16.3 Å². The van der Waals surface area contributed by atoms with E-state index in [-0.39, 0.29) is 12.5 Å². The molecule has 1 aliphatic rings. The zero-order chi connectivity index (χ0) is 22.3. The number of nitrogens with zero attached hydrogens (tertiary/aromatic N) is 2. The molecule has 3 aromatic carbocycles. The van der Waals surface area contributed by atoms with Gasteiger partial charge in [0.1, 0.15) is 5.75 Å². The molecule has 1 saturated heterocycles. The van der Waals surface area contributed by atoms with Crippen LogP contribution in [0.1, 0.15) is 11.1 Å². The van der Waals surface area contributed by atoms with E-state index < -0.39 is 0 Å². The van der Waals surface area contributed by atoms with Gasteiger partial charge in [0.15, 0.2) is 6.61 Å². The molecule has 0 saturated carbocycles. The van der Waals surface area contributed by atoms with Gasteiger partial charge in [-0.1, -0.05) is 41.9 Å². The highest BCUT2D eigenvalue weighted by Gasteiger charge is 2.18. The van der Waals surface area contributed by atoms with Gasteiger partial charge in [-0.3, -0.25) is 9.69 Å². The third-order valence-corrected chi connectivity index (χ3v) is 5.97. The molecule has 0 radical (unpaired) electrons. The van der Waals surface area contributed by atoms with Crippen molar-refractivity contribution >= 4 is 28.9 Å². The first kappa shape index (κ1) is 22.2. The number of benzene rings is 3. The minimum absolute atomic E-state index is 0.0153. The Morgan fingerprint density at radius 2 is 1.72 bits per heavy atom. The van der Waals surface area contributed by atoms with Gasteiger partial charge in [0.25, 0.3) is 5.91 Å². The Kier molecular flexibility index (Phi) is 7.30. The summed E-state index contributed by atoms with van der Waals surface area (Å²) in [4.78, 5) is 17.0. The zero-order valence-corrected chi connectivity index (χ0v) is 19.0. The van der Waals surface area contributed by atoms with Crippen LogP contribution in [0.3, 0.4) is 0 Å². The van der Waals surface area contributed by atoms with Crippen LogP contribution in [0.15, 0.2) is 72.8 Å². The third-order valence-electron chi connectivity index (χ3n) is 5.60. The molecule has 0 unspecified atom stereocenters. The molecule has 5 nitrogen and oxygen atoms in total.